The average Bonchev–Trinajstić information content (AvgIpc) is 2.67. The van der Waals surface area contributed by atoms with E-state index in [0.29, 0.717) is 21.8 Å². The standard InChI is InChI=1S/C19H27N5O2S/c1-4-5-6-9-13(2)12-20-19(27)22-21-17(25)16-14-10-7-8-11-15(14)18(26)24(3)23-16/h7-8,10-11,13H,4-6,9,12H2,1-3H3,(H,21,25)(H2,20,22,27)/t13-/m0/s1. The molecule has 7 nitrogen and oxygen atoms in total. The van der Waals surface area contributed by atoms with Gasteiger partial charge in [0.2, 0.25) is 0 Å². The molecule has 2 aromatic rings. The third kappa shape index (κ3) is 5.75. The molecule has 2 rings (SSSR count). The van der Waals surface area contributed by atoms with Crippen LogP contribution in [0.1, 0.15) is 50.0 Å². The number of hydrazine groups is 1. The maximum absolute atomic E-state index is 12.5. The molecule has 0 fully saturated rings. The number of benzene rings is 1. The highest BCUT2D eigenvalue weighted by atomic mass is 32.1. The number of hydrogen-bond donors (Lipinski definition) is 3. The summed E-state index contributed by atoms with van der Waals surface area (Å²) in [6.07, 6.45) is 4.80. The van der Waals surface area contributed by atoms with E-state index >= 15 is 0 Å². The Morgan fingerprint density at radius 1 is 1.22 bits per heavy atom. The van der Waals surface area contributed by atoms with Crippen molar-refractivity contribution in [1.82, 2.24) is 25.9 Å². The first-order chi connectivity index (χ1) is 12.9. The van der Waals surface area contributed by atoms with Gasteiger partial charge in [-0.25, -0.2) is 4.68 Å². The molecule has 146 valence electrons. The number of fused-ring (bicyclic) bond motifs is 1. The first-order valence-corrected chi connectivity index (χ1v) is 9.65. The number of aryl methyl sites for hydroxylation is 1. The number of carbonyl (C=O) groups is 1. The van der Waals surface area contributed by atoms with Crippen LogP contribution in [0, 0.1) is 5.92 Å². The van der Waals surface area contributed by atoms with Gasteiger partial charge in [-0.1, -0.05) is 51.3 Å². The molecule has 0 aliphatic heterocycles. The lowest BCUT2D eigenvalue weighted by atomic mass is 10.0. The number of amides is 1. The highest BCUT2D eigenvalue weighted by Gasteiger charge is 2.15. The van der Waals surface area contributed by atoms with Crippen molar-refractivity contribution < 1.29 is 4.79 Å². The Morgan fingerprint density at radius 2 is 1.93 bits per heavy atom. The van der Waals surface area contributed by atoms with Crippen LogP contribution in [0.15, 0.2) is 29.1 Å². The third-order valence-corrected chi connectivity index (χ3v) is 4.62. The van der Waals surface area contributed by atoms with E-state index in [-0.39, 0.29) is 11.3 Å². The SMILES string of the molecule is CCCCC[C@H](C)CNC(=S)NNC(=O)c1nn(C)c(=O)c2ccccc12. The monoisotopic (exact) mass is 389 g/mol. The van der Waals surface area contributed by atoms with Gasteiger partial charge >= 0.3 is 0 Å². The van der Waals surface area contributed by atoms with Crippen LogP contribution in [0.25, 0.3) is 10.8 Å². The summed E-state index contributed by atoms with van der Waals surface area (Å²) in [4.78, 5) is 24.6. The Balaban J connectivity index is 1.93. The average molecular weight is 390 g/mol. The molecule has 0 bridgehead atoms. The van der Waals surface area contributed by atoms with Crippen molar-refractivity contribution in [2.24, 2.45) is 13.0 Å². The Bertz CT molecular complexity index is 865. The molecule has 0 aliphatic rings. The van der Waals surface area contributed by atoms with Gasteiger partial charge in [-0.3, -0.25) is 20.4 Å². The molecule has 8 heteroatoms. The minimum Gasteiger partial charge on any atom is -0.361 e. The summed E-state index contributed by atoms with van der Waals surface area (Å²) in [7, 11) is 1.52. The van der Waals surface area contributed by atoms with Crippen molar-refractivity contribution in [3.05, 3.63) is 40.3 Å². The lowest BCUT2D eigenvalue weighted by Crippen LogP contribution is -2.48. The second kappa shape index (κ2) is 10.0. The number of rotatable bonds is 7. The van der Waals surface area contributed by atoms with Crippen LogP contribution in [0.4, 0.5) is 0 Å². The van der Waals surface area contributed by atoms with Crippen molar-refractivity contribution in [2.45, 2.75) is 39.5 Å². The smallest absolute Gasteiger partial charge is 0.290 e. The second-order valence-corrected chi connectivity index (χ2v) is 7.12. The number of nitrogens with one attached hydrogen (secondary N) is 3. The van der Waals surface area contributed by atoms with E-state index in [0.717, 1.165) is 17.6 Å². The van der Waals surface area contributed by atoms with E-state index < -0.39 is 5.91 Å². The van der Waals surface area contributed by atoms with Gasteiger partial charge in [0, 0.05) is 19.0 Å². The fraction of sp³-hybridized carbons (Fsp3) is 0.474. The van der Waals surface area contributed by atoms with Crippen LogP contribution in [-0.4, -0.2) is 27.3 Å². The minimum absolute atomic E-state index is 0.163. The molecule has 1 aromatic heterocycles. The number of carbonyl (C=O) groups excluding carboxylic acids is 1. The largest absolute Gasteiger partial charge is 0.361 e. The summed E-state index contributed by atoms with van der Waals surface area (Å²) < 4.78 is 1.16. The van der Waals surface area contributed by atoms with Gasteiger partial charge in [-0.15, -0.1) is 0 Å². The summed E-state index contributed by atoms with van der Waals surface area (Å²) in [5, 5.41) is 8.48. The van der Waals surface area contributed by atoms with Crippen LogP contribution < -0.4 is 21.7 Å². The molecule has 0 radical (unpaired) electrons. The van der Waals surface area contributed by atoms with Gasteiger partial charge in [-0.05, 0) is 30.6 Å². The van der Waals surface area contributed by atoms with Crippen molar-refractivity contribution in [3.63, 3.8) is 0 Å². The molecule has 27 heavy (non-hydrogen) atoms. The molecule has 1 atom stereocenters. The Hall–Kier alpha value is -2.48. The normalized spacial score (nSPS) is 11.8. The molecule has 1 aromatic carbocycles. The maximum Gasteiger partial charge on any atom is 0.290 e. The lowest BCUT2D eigenvalue weighted by Gasteiger charge is -2.15. The molecule has 1 heterocycles. The van der Waals surface area contributed by atoms with Crippen LogP contribution in [-0.2, 0) is 7.05 Å². The predicted octanol–water partition coefficient (Wildman–Crippen LogP) is 2.26. The Labute approximate surface area is 164 Å². The molecule has 0 unspecified atom stereocenters. The molecule has 3 N–H and O–H groups in total. The zero-order valence-corrected chi connectivity index (χ0v) is 16.9. The van der Waals surface area contributed by atoms with Gasteiger partial charge in [-0.2, -0.15) is 5.10 Å². The lowest BCUT2D eigenvalue weighted by molar-refractivity contribution is 0.0938. The highest BCUT2D eigenvalue weighted by Crippen LogP contribution is 2.12. The van der Waals surface area contributed by atoms with Crippen molar-refractivity contribution >= 4 is 34.0 Å². The second-order valence-electron chi connectivity index (χ2n) is 6.71. The first-order valence-electron chi connectivity index (χ1n) is 9.24. The zero-order chi connectivity index (χ0) is 19.8. The van der Waals surface area contributed by atoms with Gasteiger partial charge < -0.3 is 5.32 Å². The first kappa shape index (κ1) is 20.8. The molecule has 1 amide bonds. The minimum atomic E-state index is -0.457. The molecule has 0 spiro atoms. The maximum atomic E-state index is 12.5. The summed E-state index contributed by atoms with van der Waals surface area (Å²) in [5.41, 5.74) is 5.16. The fourth-order valence-corrected chi connectivity index (χ4v) is 2.93. The number of thiocarbonyl (C=S) groups is 1. The van der Waals surface area contributed by atoms with Crippen LogP contribution in [0.3, 0.4) is 0 Å². The van der Waals surface area contributed by atoms with E-state index in [1.807, 2.05) is 0 Å². The van der Waals surface area contributed by atoms with E-state index in [1.54, 1.807) is 24.3 Å². The molecular weight excluding hydrogens is 362 g/mol. The van der Waals surface area contributed by atoms with Gasteiger partial charge in [0.25, 0.3) is 11.5 Å². The molecular formula is C19H27N5O2S. The fourth-order valence-electron chi connectivity index (χ4n) is 2.80. The van der Waals surface area contributed by atoms with E-state index in [9.17, 15) is 9.59 Å². The Morgan fingerprint density at radius 3 is 2.63 bits per heavy atom. The van der Waals surface area contributed by atoms with Crippen molar-refractivity contribution in [2.75, 3.05) is 6.54 Å². The van der Waals surface area contributed by atoms with E-state index in [4.69, 9.17) is 12.2 Å². The number of nitrogens with zero attached hydrogens (tertiary/aromatic N) is 2. The third-order valence-electron chi connectivity index (χ3n) is 4.37. The van der Waals surface area contributed by atoms with E-state index in [1.165, 1.54) is 26.3 Å². The number of aromatic nitrogens is 2. The number of hydrogen-bond acceptors (Lipinski definition) is 4. The summed E-state index contributed by atoms with van der Waals surface area (Å²) in [5.74, 6) is 0.0446. The van der Waals surface area contributed by atoms with Gasteiger partial charge in [0.1, 0.15) is 0 Å². The van der Waals surface area contributed by atoms with E-state index in [2.05, 4.69) is 35.1 Å². The predicted molar refractivity (Wildman–Crippen MR) is 111 cm³/mol. The zero-order valence-electron chi connectivity index (χ0n) is 16.0. The van der Waals surface area contributed by atoms with Crippen LogP contribution >= 0.6 is 12.2 Å². The molecule has 0 saturated heterocycles. The van der Waals surface area contributed by atoms with Crippen LogP contribution in [0.2, 0.25) is 0 Å². The summed E-state index contributed by atoms with van der Waals surface area (Å²) in [6.45, 7) is 5.10. The number of unbranched alkanes of at least 4 members (excludes halogenated alkanes) is 2. The topological polar surface area (TPSA) is 88.0 Å². The molecule has 0 aliphatic carbocycles. The van der Waals surface area contributed by atoms with Gasteiger partial charge in [0.15, 0.2) is 10.8 Å². The quantitative estimate of drug-likeness (QED) is 0.382. The molecule has 0 saturated carbocycles. The Kier molecular flexibility index (Phi) is 7.72. The van der Waals surface area contributed by atoms with Gasteiger partial charge in [0.05, 0.1) is 5.39 Å². The van der Waals surface area contributed by atoms with Crippen molar-refractivity contribution in [1.29, 1.82) is 0 Å². The van der Waals surface area contributed by atoms with Crippen LogP contribution in [0.5, 0.6) is 0 Å². The highest BCUT2D eigenvalue weighted by molar-refractivity contribution is 7.80. The van der Waals surface area contributed by atoms with Crippen molar-refractivity contribution in [3.8, 4) is 0 Å². The summed E-state index contributed by atoms with van der Waals surface area (Å²) in [6, 6.07) is 6.90. The summed E-state index contributed by atoms with van der Waals surface area (Å²) >= 11 is 5.21.